The zero-order chi connectivity index (χ0) is 14.8. The van der Waals surface area contributed by atoms with Crippen LogP contribution < -0.4 is 4.90 Å². The van der Waals surface area contributed by atoms with Gasteiger partial charge in [0.2, 0.25) is 5.28 Å². The molecule has 5 nitrogen and oxygen atoms in total. The molecule has 0 bridgehead atoms. The van der Waals surface area contributed by atoms with E-state index in [1.54, 1.807) is 6.07 Å². The number of ether oxygens (including phenoxy) is 1. The second kappa shape index (κ2) is 9.55. The molecule has 6 heteroatoms. The first-order chi connectivity index (χ1) is 9.00. The Labute approximate surface area is 119 Å². The molecular formula is C13H22ClN3O2. The van der Waals surface area contributed by atoms with Crippen molar-refractivity contribution < 1.29 is 9.53 Å². The Kier molecular flexibility index (Phi) is 8.87. The van der Waals surface area contributed by atoms with Crippen LogP contribution in [0.5, 0.6) is 0 Å². The fourth-order valence-corrected chi connectivity index (χ4v) is 1.22. The number of nitrogens with zero attached hydrogens (tertiary/aromatic N) is 3. The fraction of sp³-hybridized carbons (Fsp3) is 0.615. The number of carbonyl (C=O) groups excluding carboxylic acids is 1. The van der Waals surface area contributed by atoms with E-state index in [9.17, 15) is 4.79 Å². The number of anilines is 1. The smallest absolute Gasteiger partial charge is 0.415 e. The zero-order valence-corrected chi connectivity index (χ0v) is 12.9. The van der Waals surface area contributed by atoms with Crippen molar-refractivity contribution in [3.05, 3.63) is 17.5 Å². The highest BCUT2D eigenvalue weighted by Crippen LogP contribution is 2.16. The number of rotatable bonds is 1. The van der Waals surface area contributed by atoms with E-state index in [-0.39, 0.29) is 5.28 Å². The third kappa shape index (κ3) is 6.96. The van der Waals surface area contributed by atoms with Gasteiger partial charge in [0.25, 0.3) is 0 Å². The topological polar surface area (TPSA) is 55.3 Å². The Bertz CT molecular complexity index is 383. The quantitative estimate of drug-likeness (QED) is 0.738. The van der Waals surface area contributed by atoms with Crippen LogP contribution in [0.15, 0.2) is 12.3 Å². The fourth-order valence-electron chi connectivity index (χ4n) is 1.08. The van der Waals surface area contributed by atoms with Crippen molar-refractivity contribution in [2.45, 2.75) is 34.6 Å². The molecule has 0 aromatic carbocycles. The number of hydrogen-bond acceptors (Lipinski definition) is 4. The summed E-state index contributed by atoms with van der Waals surface area (Å²) in [6.45, 7) is 11.4. The third-order valence-corrected chi connectivity index (χ3v) is 1.83. The Balaban J connectivity index is 0.000000467. The van der Waals surface area contributed by atoms with E-state index in [2.05, 4.69) is 30.7 Å². The van der Waals surface area contributed by atoms with Gasteiger partial charge in [0.05, 0.1) is 6.54 Å². The molecular weight excluding hydrogens is 266 g/mol. The van der Waals surface area contributed by atoms with Crippen LogP contribution >= 0.6 is 11.6 Å². The molecule has 2 heterocycles. The van der Waals surface area contributed by atoms with Gasteiger partial charge in [-0.1, -0.05) is 34.6 Å². The van der Waals surface area contributed by atoms with Gasteiger partial charge in [-0.25, -0.2) is 14.8 Å². The van der Waals surface area contributed by atoms with Gasteiger partial charge in [-0.05, 0) is 23.6 Å². The van der Waals surface area contributed by atoms with Gasteiger partial charge in [0.15, 0.2) is 0 Å². The van der Waals surface area contributed by atoms with Gasteiger partial charge in [0.1, 0.15) is 12.4 Å². The number of cyclic esters (lactones) is 1. The number of hydrogen-bond donors (Lipinski definition) is 0. The molecule has 1 saturated heterocycles. The van der Waals surface area contributed by atoms with E-state index < -0.39 is 6.09 Å². The molecule has 19 heavy (non-hydrogen) atoms. The van der Waals surface area contributed by atoms with E-state index in [1.165, 1.54) is 11.1 Å². The van der Waals surface area contributed by atoms with E-state index in [4.69, 9.17) is 16.3 Å². The lowest BCUT2D eigenvalue weighted by molar-refractivity contribution is 0.181. The normalized spacial score (nSPS) is 13.2. The Morgan fingerprint density at radius 3 is 2.37 bits per heavy atom. The molecule has 1 aromatic heterocycles. The highest BCUT2D eigenvalue weighted by molar-refractivity contribution is 6.28. The maximum atomic E-state index is 11.1. The molecule has 1 aromatic rings. The van der Waals surface area contributed by atoms with Gasteiger partial charge in [0, 0.05) is 6.20 Å². The van der Waals surface area contributed by atoms with Crippen LogP contribution in [0.3, 0.4) is 0 Å². The molecule has 1 amide bonds. The van der Waals surface area contributed by atoms with Gasteiger partial charge in [-0.15, -0.1) is 0 Å². The van der Waals surface area contributed by atoms with Gasteiger partial charge >= 0.3 is 6.09 Å². The maximum absolute atomic E-state index is 11.1. The Hall–Kier alpha value is -1.36. The van der Waals surface area contributed by atoms with Crippen molar-refractivity contribution in [1.82, 2.24) is 9.97 Å². The largest absolute Gasteiger partial charge is 0.447 e. The second-order valence-corrected chi connectivity index (χ2v) is 4.52. The van der Waals surface area contributed by atoms with E-state index in [1.807, 2.05) is 13.8 Å². The van der Waals surface area contributed by atoms with Gasteiger partial charge < -0.3 is 4.74 Å². The van der Waals surface area contributed by atoms with Crippen molar-refractivity contribution in [2.24, 2.45) is 5.92 Å². The van der Waals surface area contributed by atoms with E-state index in [0.717, 1.165) is 5.92 Å². The first-order valence-corrected chi connectivity index (χ1v) is 6.81. The van der Waals surface area contributed by atoms with Crippen molar-refractivity contribution in [3.63, 3.8) is 0 Å². The lowest BCUT2D eigenvalue weighted by Crippen LogP contribution is -2.24. The first kappa shape index (κ1) is 17.6. The summed E-state index contributed by atoms with van der Waals surface area (Å²) in [6, 6.07) is 1.61. The third-order valence-electron chi connectivity index (χ3n) is 1.65. The highest BCUT2D eigenvalue weighted by atomic mass is 35.5. The predicted molar refractivity (Wildman–Crippen MR) is 77.6 cm³/mol. The summed E-state index contributed by atoms with van der Waals surface area (Å²) in [4.78, 5) is 20.1. The number of amides is 1. The van der Waals surface area contributed by atoms with Crippen LogP contribution in [0.1, 0.15) is 34.6 Å². The standard InChI is InChI=1S/C7H6ClN3O2.C4H10.C2H6/c8-6-9-2-1-5(10-6)11-3-4-13-7(11)12;1-4(2)3;1-2/h1-2H,3-4H2;4H,1-3H3;1-2H3. The average molecular weight is 288 g/mol. The summed E-state index contributed by atoms with van der Waals surface area (Å²) >= 11 is 5.57. The number of halogens is 1. The number of carbonyl (C=O) groups is 1. The van der Waals surface area contributed by atoms with Crippen LogP contribution in [-0.2, 0) is 4.74 Å². The lowest BCUT2D eigenvalue weighted by Gasteiger charge is -2.10. The summed E-state index contributed by atoms with van der Waals surface area (Å²) in [5.74, 6) is 1.31. The minimum Gasteiger partial charge on any atom is -0.447 e. The molecule has 0 spiro atoms. The summed E-state index contributed by atoms with van der Waals surface area (Å²) in [6.07, 6.45) is 1.10. The van der Waals surface area contributed by atoms with Gasteiger partial charge in [-0.3, -0.25) is 4.90 Å². The molecule has 108 valence electrons. The zero-order valence-electron chi connectivity index (χ0n) is 12.2. The minimum atomic E-state index is -0.394. The Morgan fingerprint density at radius 1 is 1.37 bits per heavy atom. The highest BCUT2D eigenvalue weighted by Gasteiger charge is 2.24. The van der Waals surface area contributed by atoms with Crippen LogP contribution in [0.2, 0.25) is 5.28 Å². The molecule has 0 atom stereocenters. The first-order valence-electron chi connectivity index (χ1n) is 6.43. The SMILES string of the molecule is CC.CC(C)C.O=C1OCCN1c1ccnc(Cl)n1. The van der Waals surface area contributed by atoms with Gasteiger partial charge in [-0.2, -0.15) is 0 Å². The second-order valence-electron chi connectivity index (χ2n) is 4.18. The Morgan fingerprint density at radius 2 is 1.95 bits per heavy atom. The number of aromatic nitrogens is 2. The summed E-state index contributed by atoms with van der Waals surface area (Å²) < 4.78 is 4.74. The molecule has 0 saturated carbocycles. The van der Waals surface area contributed by atoms with Crippen molar-refractivity contribution in [1.29, 1.82) is 0 Å². The van der Waals surface area contributed by atoms with E-state index >= 15 is 0 Å². The molecule has 0 unspecified atom stereocenters. The molecule has 2 rings (SSSR count). The average Bonchev–Trinajstić information content (AvgIpc) is 2.77. The molecule has 0 aliphatic carbocycles. The van der Waals surface area contributed by atoms with Crippen LogP contribution in [0.25, 0.3) is 0 Å². The molecule has 1 aliphatic rings. The van der Waals surface area contributed by atoms with Crippen molar-refractivity contribution in [2.75, 3.05) is 18.1 Å². The van der Waals surface area contributed by atoms with Crippen molar-refractivity contribution >= 4 is 23.5 Å². The summed E-state index contributed by atoms with van der Waals surface area (Å²) in [5.41, 5.74) is 0. The minimum absolute atomic E-state index is 0.122. The van der Waals surface area contributed by atoms with Crippen molar-refractivity contribution in [3.8, 4) is 0 Å². The summed E-state index contributed by atoms with van der Waals surface area (Å²) in [5, 5.41) is 0.122. The van der Waals surface area contributed by atoms with Crippen LogP contribution in [0.4, 0.5) is 10.6 Å². The summed E-state index contributed by atoms with van der Waals surface area (Å²) in [7, 11) is 0. The van der Waals surface area contributed by atoms with E-state index in [0.29, 0.717) is 19.0 Å². The molecule has 1 fully saturated rings. The molecule has 1 aliphatic heterocycles. The monoisotopic (exact) mass is 287 g/mol. The molecule has 0 radical (unpaired) electrons. The van der Waals surface area contributed by atoms with Crippen LogP contribution in [-0.4, -0.2) is 29.2 Å². The molecule has 0 N–H and O–H groups in total. The lowest BCUT2D eigenvalue weighted by atomic mass is 10.3. The maximum Gasteiger partial charge on any atom is 0.415 e. The van der Waals surface area contributed by atoms with Crippen LogP contribution in [0, 0.1) is 5.92 Å². The predicted octanol–water partition coefficient (Wildman–Crippen LogP) is 3.78.